The number of rotatable bonds is 2. The lowest BCUT2D eigenvalue weighted by Gasteiger charge is -2.12. The summed E-state index contributed by atoms with van der Waals surface area (Å²) in [7, 11) is 0. The van der Waals surface area contributed by atoms with E-state index >= 15 is 0 Å². The van der Waals surface area contributed by atoms with Crippen molar-refractivity contribution in [2.75, 3.05) is 0 Å². The molecule has 1 N–H and O–H groups in total. The molecule has 0 unspecified atom stereocenters. The second-order valence-corrected chi connectivity index (χ2v) is 6.59. The average Bonchev–Trinajstić information content (AvgIpc) is 3.00. The van der Waals surface area contributed by atoms with Gasteiger partial charge in [-0.3, -0.25) is 5.10 Å². The van der Waals surface area contributed by atoms with Gasteiger partial charge in [0.05, 0.1) is 22.1 Å². The predicted octanol–water partition coefficient (Wildman–Crippen LogP) is 5.27. The summed E-state index contributed by atoms with van der Waals surface area (Å²) in [6, 6.07) is 3.67. The van der Waals surface area contributed by atoms with Gasteiger partial charge in [0.25, 0.3) is 0 Å². The van der Waals surface area contributed by atoms with Crippen molar-refractivity contribution in [1.29, 1.82) is 0 Å². The second-order valence-electron chi connectivity index (χ2n) is 5.52. The number of aromatic amines is 1. The number of aryl methyl sites for hydroxylation is 2. The Hall–Kier alpha value is -2.15. The second kappa shape index (κ2) is 5.98. The number of halogens is 3. The molecule has 0 bridgehead atoms. The molecule has 0 saturated carbocycles. The van der Waals surface area contributed by atoms with Gasteiger partial charge in [-0.2, -0.15) is 5.10 Å². The molecule has 0 aliphatic rings. The van der Waals surface area contributed by atoms with Crippen molar-refractivity contribution in [3.63, 3.8) is 0 Å². The first-order chi connectivity index (χ1) is 11.9. The summed E-state index contributed by atoms with van der Waals surface area (Å²) in [5.41, 5.74) is 2.75. The number of ether oxygens (including phenoxy) is 1. The molecule has 6 nitrogen and oxygen atoms in total. The minimum Gasteiger partial charge on any atom is -0.435 e. The number of pyridine rings is 1. The van der Waals surface area contributed by atoms with Crippen molar-refractivity contribution >= 4 is 56.6 Å². The summed E-state index contributed by atoms with van der Waals surface area (Å²) < 4.78 is 6.06. The fourth-order valence-electron chi connectivity index (χ4n) is 2.59. The molecule has 0 aliphatic carbocycles. The van der Waals surface area contributed by atoms with E-state index in [1.807, 2.05) is 19.9 Å². The normalized spacial score (nSPS) is 11.4. The molecule has 25 heavy (non-hydrogen) atoms. The molecule has 0 fully saturated rings. The highest BCUT2D eigenvalue weighted by molar-refractivity contribution is 6.36. The van der Waals surface area contributed by atoms with Crippen molar-refractivity contribution < 1.29 is 4.74 Å². The third-order valence-corrected chi connectivity index (χ3v) is 4.65. The van der Waals surface area contributed by atoms with Crippen LogP contribution in [-0.2, 0) is 0 Å². The van der Waals surface area contributed by atoms with E-state index in [1.54, 1.807) is 12.3 Å². The van der Waals surface area contributed by atoms with Crippen molar-refractivity contribution in [3.05, 3.63) is 45.0 Å². The zero-order valence-corrected chi connectivity index (χ0v) is 15.3. The van der Waals surface area contributed by atoms with Crippen molar-refractivity contribution in [3.8, 4) is 11.6 Å². The Labute approximate surface area is 157 Å². The highest BCUT2D eigenvalue weighted by Crippen LogP contribution is 2.40. The van der Waals surface area contributed by atoms with Crippen LogP contribution in [0.5, 0.6) is 11.6 Å². The Morgan fingerprint density at radius 3 is 2.60 bits per heavy atom. The van der Waals surface area contributed by atoms with Crippen LogP contribution in [-0.4, -0.2) is 25.1 Å². The molecule has 4 rings (SSSR count). The van der Waals surface area contributed by atoms with Crippen LogP contribution in [0.15, 0.2) is 18.3 Å². The fourth-order valence-corrected chi connectivity index (χ4v) is 3.22. The number of nitrogens with one attached hydrogen (secondary N) is 1. The van der Waals surface area contributed by atoms with Gasteiger partial charge >= 0.3 is 0 Å². The molecule has 3 heterocycles. The van der Waals surface area contributed by atoms with E-state index in [9.17, 15) is 0 Å². The summed E-state index contributed by atoms with van der Waals surface area (Å²) >= 11 is 18.6. The van der Waals surface area contributed by atoms with Gasteiger partial charge in [-0.05, 0) is 43.1 Å². The van der Waals surface area contributed by atoms with Crippen LogP contribution in [0.4, 0.5) is 0 Å². The van der Waals surface area contributed by atoms with E-state index in [0.717, 1.165) is 16.5 Å². The highest BCUT2D eigenvalue weighted by atomic mass is 35.5. The van der Waals surface area contributed by atoms with Crippen LogP contribution < -0.4 is 4.74 Å². The molecule has 0 amide bonds. The lowest BCUT2D eigenvalue weighted by Crippen LogP contribution is -1.97. The molecule has 0 radical (unpaired) electrons. The quantitative estimate of drug-likeness (QED) is 0.370. The number of H-pyrrole nitrogens is 1. The molecule has 0 atom stereocenters. The molecule has 126 valence electrons. The minimum absolute atomic E-state index is 0.0109. The molecule has 9 heteroatoms. The van der Waals surface area contributed by atoms with Crippen LogP contribution in [0.3, 0.4) is 0 Å². The van der Waals surface area contributed by atoms with Gasteiger partial charge in [0.15, 0.2) is 5.75 Å². The summed E-state index contributed by atoms with van der Waals surface area (Å²) in [4.78, 5) is 12.6. The first-order valence-electron chi connectivity index (χ1n) is 7.24. The zero-order chi connectivity index (χ0) is 17.7. The lowest BCUT2D eigenvalue weighted by molar-refractivity contribution is 0.472. The van der Waals surface area contributed by atoms with E-state index in [-0.39, 0.29) is 16.3 Å². The summed E-state index contributed by atoms with van der Waals surface area (Å²) in [5.74, 6) is 0.687. The van der Waals surface area contributed by atoms with Crippen LogP contribution in [0, 0.1) is 13.8 Å². The van der Waals surface area contributed by atoms with Gasteiger partial charge in [-0.1, -0.05) is 23.2 Å². The fraction of sp³-hybridized carbons (Fsp3) is 0.125. The minimum atomic E-state index is 0.0109. The summed E-state index contributed by atoms with van der Waals surface area (Å²) in [6.07, 6.45) is 1.64. The van der Waals surface area contributed by atoms with Crippen molar-refractivity contribution in [2.24, 2.45) is 0 Å². The van der Waals surface area contributed by atoms with Gasteiger partial charge in [-0.15, -0.1) is 0 Å². The van der Waals surface area contributed by atoms with E-state index in [1.165, 1.54) is 0 Å². The topological polar surface area (TPSA) is 76.6 Å². The standard InChI is InChI=1S/C16H10Cl3N5O/c1-6-3-10-9(5-20-24-10)13(11(6)17)25-15-12-8(4-7(2)21-15)14(18)23-16(19)22-12/h3-5H,1-2H3,(H,20,24). The number of fused-ring (bicyclic) bond motifs is 2. The summed E-state index contributed by atoms with van der Waals surface area (Å²) in [5, 5.41) is 8.99. The Bertz CT molecular complexity index is 1140. The van der Waals surface area contributed by atoms with Crippen LogP contribution in [0.25, 0.3) is 21.8 Å². The first kappa shape index (κ1) is 16.3. The highest BCUT2D eigenvalue weighted by Gasteiger charge is 2.18. The Kier molecular flexibility index (Phi) is 3.91. The molecule has 0 spiro atoms. The number of benzene rings is 1. The van der Waals surface area contributed by atoms with Crippen LogP contribution in [0.1, 0.15) is 11.3 Å². The number of hydrogen-bond donors (Lipinski definition) is 1. The summed E-state index contributed by atoms with van der Waals surface area (Å²) in [6.45, 7) is 3.70. The molecule has 4 aromatic rings. The van der Waals surface area contributed by atoms with E-state index in [4.69, 9.17) is 39.5 Å². The monoisotopic (exact) mass is 393 g/mol. The van der Waals surface area contributed by atoms with Gasteiger partial charge in [0.1, 0.15) is 10.7 Å². The lowest BCUT2D eigenvalue weighted by atomic mass is 10.1. The van der Waals surface area contributed by atoms with Gasteiger partial charge in [0.2, 0.25) is 11.2 Å². The molecular formula is C16H10Cl3N5O. The van der Waals surface area contributed by atoms with Crippen molar-refractivity contribution in [2.45, 2.75) is 13.8 Å². The Balaban J connectivity index is 1.98. The number of hydrogen-bond acceptors (Lipinski definition) is 5. The van der Waals surface area contributed by atoms with E-state index in [0.29, 0.717) is 27.4 Å². The Morgan fingerprint density at radius 2 is 1.80 bits per heavy atom. The van der Waals surface area contributed by atoms with Crippen molar-refractivity contribution in [1.82, 2.24) is 25.1 Å². The molecule has 0 aliphatic heterocycles. The Morgan fingerprint density at radius 1 is 1.00 bits per heavy atom. The maximum absolute atomic E-state index is 6.45. The SMILES string of the molecule is Cc1cc2c(Cl)nc(Cl)nc2c(Oc2c(Cl)c(C)cc3[nH]ncc23)n1. The third-order valence-electron chi connectivity index (χ3n) is 3.72. The van der Waals surface area contributed by atoms with Gasteiger partial charge in [-0.25, -0.2) is 15.0 Å². The molecule has 0 saturated heterocycles. The van der Waals surface area contributed by atoms with Crippen LogP contribution in [0.2, 0.25) is 15.5 Å². The number of nitrogens with zero attached hydrogens (tertiary/aromatic N) is 4. The third kappa shape index (κ3) is 2.76. The predicted molar refractivity (Wildman–Crippen MR) is 98.0 cm³/mol. The van der Waals surface area contributed by atoms with E-state index < -0.39 is 0 Å². The van der Waals surface area contributed by atoms with Gasteiger partial charge < -0.3 is 4.74 Å². The molecular weight excluding hydrogens is 385 g/mol. The smallest absolute Gasteiger partial charge is 0.246 e. The molecule has 1 aromatic carbocycles. The molecule has 3 aromatic heterocycles. The van der Waals surface area contributed by atoms with Crippen LogP contribution >= 0.6 is 34.8 Å². The van der Waals surface area contributed by atoms with Gasteiger partial charge in [0, 0.05) is 11.1 Å². The average molecular weight is 395 g/mol. The first-order valence-corrected chi connectivity index (χ1v) is 8.38. The largest absolute Gasteiger partial charge is 0.435 e. The maximum Gasteiger partial charge on any atom is 0.246 e. The maximum atomic E-state index is 6.45. The zero-order valence-electron chi connectivity index (χ0n) is 13.1. The number of aromatic nitrogens is 5. The van der Waals surface area contributed by atoms with E-state index in [2.05, 4.69) is 25.1 Å².